The standard InChI is InChI=1S/C17H22BN4OS/c1-11-2-3-13-14(8-11)24-16(20-13)21-15-19-9-17(23-15)10-22(18)6-4-12(17)5-7-22/h2-3,8,12H,4-7,9-10,18H2,1H3,(H,19,20,21)/q+1. The predicted molar refractivity (Wildman–Crippen MR) is 100 cm³/mol. The largest absolute Gasteiger partial charge is 0.450 e. The van der Waals surface area contributed by atoms with Gasteiger partial charge in [-0.25, -0.2) is 9.98 Å². The molecule has 2 bridgehead atoms. The second-order valence-electron chi connectivity index (χ2n) is 7.90. The van der Waals surface area contributed by atoms with E-state index in [-0.39, 0.29) is 5.60 Å². The summed E-state index contributed by atoms with van der Waals surface area (Å²) in [4.78, 5) is 9.34. The Morgan fingerprint density at radius 2 is 2.21 bits per heavy atom. The van der Waals surface area contributed by atoms with Gasteiger partial charge in [0.25, 0.3) is 6.02 Å². The molecule has 1 aromatic carbocycles. The Hall–Kier alpha value is -1.60. The molecule has 1 N–H and O–H groups in total. The smallest absolute Gasteiger partial charge is 0.373 e. The van der Waals surface area contributed by atoms with Gasteiger partial charge in [0.15, 0.2) is 10.7 Å². The number of anilines is 1. The fourth-order valence-electron chi connectivity index (χ4n) is 4.65. The van der Waals surface area contributed by atoms with E-state index in [0.29, 0.717) is 11.9 Å². The van der Waals surface area contributed by atoms with Crippen LogP contribution in [0.3, 0.4) is 0 Å². The van der Waals surface area contributed by atoms with Crippen LogP contribution in [-0.4, -0.2) is 55.2 Å². The summed E-state index contributed by atoms with van der Waals surface area (Å²) >= 11 is 1.66. The molecule has 5 heterocycles. The molecule has 7 heteroatoms. The van der Waals surface area contributed by atoms with Gasteiger partial charge in [-0.1, -0.05) is 17.4 Å². The van der Waals surface area contributed by atoms with Gasteiger partial charge in [-0.05, 0) is 24.6 Å². The molecular formula is C17H22BN4OS+. The first-order chi connectivity index (χ1) is 11.5. The van der Waals surface area contributed by atoms with E-state index in [0.717, 1.165) is 28.1 Å². The maximum Gasteiger partial charge on any atom is 0.373 e. The SMILES string of the molecule is B[N+]12CCC(CC1)C1(CN=C(Nc3nc4ccc(C)cc4s3)O1)C2. The molecule has 3 saturated heterocycles. The number of nitrogens with zero attached hydrogens (tertiary/aromatic N) is 3. The maximum absolute atomic E-state index is 6.40. The van der Waals surface area contributed by atoms with Gasteiger partial charge >= 0.3 is 7.98 Å². The van der Waals surface area contributed by atoms with Gasteiger partial charge in [0, 0.05) is 18.8 Å². The Labute approximate surface area is 146 Å². The molecule has 24 heavy (non-hydrogen) atoms. The van der Waals surface area contributed by atoms with Crippen molar-refractivity contribution in [3.05, 3.63) is 23.8 Å². The molecule has 4 aliphatic rings. The Kier molecular flexibility index (Phi) is 3.04. The fraction of sp³-hybridized carbons (Fsp3) is 0.529. The predicted octanol–water partition coefficient (Wildman–Crippen LogP) is 1.93. The molecule has 124 valence electrons. The molecule has 1 atom stereocenters. The highest BCUT2D eigenvalue weighted by Crippen LogP contribution is 2.43. The molecule has 0 saturated carbocycles. The van der Waals surface area contributed by atoms with Crippen molar-refractivity contribution in [2.75, 3.05) is 31.5 Å². The zero-order valence-electron chi connectivity index (χ0n) is 14.2. The molecule has 6 rings (SSSR count). The van der Waals surface area contributed by atoms with Gasteiger partial charge in [-0.15, -0.1) is 0 Å². The topological polar surface area (TPSA) is 46.5 Å². The number of aryl methyl sites for hydroxylation is 1. The van der Waals surface area contributed by atoms with Crippen LogP contribution in [0.1, 0.15) is 18.4 Å². The molecule has 0 radical (unpaired) electrons. The van der Waals surface area contributed by atoms with Crippen LogP contribution in [0.25, 0.3) is 10.2 Å². The minimum atomic E-state index is -0.0825. The van der Waals surface area contributed by atoms with Crippen LogP contribution in [0.2, 0.25) is 0 Å². The second-order valence-corrected chi connectivity index (χ2v) is 8.93. The summed E-state index contributed by atoms with van der Waals surface area (Å²) in [5, 5.41) is 4.19. The quantitative estimate of drug-likeness (QED) is 0.807. The van der Waals surface area contributed by atoms with E-state index in [1.54, 1.807) is 11.3 Å². The monoisotopic (exact) mass is 341 g/mol. The Morgan fingerprint density at radius 1 is 1.38 bits per heavy atom. The number of aromatic nitrogens is 1. The number of aliphatic imine (C=N–C) groups is 1. The van der Waals surface area contributed by atoms with E-state index in [4.69, 9.17) is 4.74 Å². The van der Waals surface area contributed by atoms with Crippen LogP contribution in [0.4, 0.5) is 5.13 Å². The third kappa shape index (κ3) is 2.25. The summed E-state index contributed by atoms with van der Waals surface area (Å²) in [5.41, 5.74) is 2.21. The van der Waals surface area contributed by atoms with Crippen molar-refractivity contribution in [1.29, 1.82) is 0 Å². The molecule has 3 fully saturated rings. The van der Waals surface area contributed by atoms with Crippen LogP contribution in [-0.2, 0) is 4.74 Å². The normalized spacial score (nSPS) is 34.5. The zero-order valence-corrected chi connectivity index (χ0v) is 15.0. The van der Waals surface area contributed by atoms with Crippen molar-refractivity contribution in [2.45, 2.75) is 25.4 Å². The number of hydrogen-bond donors (Lipinski definition) is 1. The lowest BCUT2D eigenvalue weighted by Crippen LogP contribution is -2.69. The minimum Gasteiger partial charge on any atom is -0.450 e. The van der Waals surface area contributed by atoms with E-state index in [1.165, 1.54) is 36.2 Å². The number of amidine groups is 1. The van der Waals surface area contributed by atoms with Gasteiger partial charge in [0.2, 0.25) is 0 Å². The van der Waals surface area contributed by atoms with Crippen LogP contribution in [0.5, 0.6) is 0 Å². The summed E-state index contributed by atoms with van der Waals surface area (Å²) in [6.07, 6.45) is 2.53. The average molecular weight is 341 g/mol. The molecule has 0 aliphatic carbocycles. The Morgan fingerprint density at radius 3 is 3.00 bits per heavy atom. The van der Waals surface area contributed by atoms with Gasteiger partial charge < -0.3 is 9.13 Å². The van der Waals surface area contributed by atoms with E-state index < -0.39 is 0 Å². The first kappa shape index (κ1) is 14.7. The summed E-state index contributed by atoms with van der Waals surface area (Å²) in [6, 6.07) is 7.01. The van der Waals surface area contributed by atoms with Crippen LogP contribution in [0.15, 0.2) is 23.2 Å². The number of fused-ring (bicyclic) bond motifs is 3. The minimum absolute atomic E-state index is 0.0825. The first-order valence-corrected chi connectivity index (χ1v) is 9.57. The summed E-state index contributed by atoms with van der Waals surface area (Å²) in [7, 11) is 2.36. The molecule has 1 aromatic heterocycles. The molecule has 1 unspecified atom stereocenters. The van der Waals surface area contributed by atoms with E-state index >= 15 is 0 Å². The van der Waals surface area contributed by atoms with Crippen molar-refractivity contribution < 1.29 is 9.13 Å². The maximum atomic E-state index is 6.40. The number of piperidine rings is 3. The van der Waals surface area contributed by atoms with Crippen LogP contribution in [0, 0.1) is 12.8 Å². The van der Waals surface area contributed by atoms with Gasteiger partial charge in [-0.3, -0.25) is 5.32 Å². The average Bonchev–Trinajstić information content (AvgIpc) is 3.11. The molecule has 4 aliphatic heterocycles. The van der Waals surface area contributed by atoms with Gasteiger partial charge in [0.1, 0.15) is 6.54 Å². The highest BCUT2D eigenvalue weighted by Gasteiger charge is 2.57. The number of ether oxygens (including phenoxy) is 1. The van der Waals surface area contributed by atoms with Crippen molar-refractivity contribution in [3.63, 3.8) is 0 Å². The Balaban J connectivity index is 1.35. The molecular weight excluding hydrogens is 319 g/mol. The number of hydrogen-bond acceptors (Lipinski definition) is 5. The third-order valence-corrected chi connectivity index (χ3v) is 6.91. The highest BCUT2D eigenvalue weighted by molar-refractivity contribution is 7.22. The molecule has 1 spiro atoms. The summed E-state index contributed by atoms with van der Waals surface area (Å²) in [5.74, 6) is 0.651. The van der Waals surface area contributed by atoms with E-state index in [9.17, 15) is 0 Å². The van der Waals surface area contributed by atoms with Crippen LogP contribution >= 0.6 is 11.3 Å². The molecule has 2 aromatic rings. The van der Waals surface area contributed by atoms with Crippen molar-refractivity contribution in [1.82, 2.24) is 4.98 Å². The highest BCUT2D eigenvalue weighted by atomic mass is 32.1. The zero-order chi connectivity index (χ0) is 16.4. The lowest BCUT2D eigenvalue weighted by Gasteiger charge is -2.55. The molecule has 5 nitrogen and oxygen atoms in total. The van der Waals surface area contributed by atoms with Gasteiger partial charge in [-0.2, -0.15) is 0 Å². The number of rotatable bonds is 1. The second kappa shape index (κ2) is 4.96. The summed E-state index contributed by atoms with van der Waals surface area (Å²) in [6.45, 7) is 6.56. The lowest BCUT2D eigenvalue weighted by molar-refractivity contribution is -0.845. The van der Waals surface area contributed by atoms with Crippen molar-refractivity contribution in [2.24, 2.45) is 10.9 Å². The fourth-order valence-corrected chi connectivity index (χ4v) is 5.60. The molecule has 0 amide bonds. The van der Waals surface area contributed by atoms with Crippen molar-refractivity contribution >= 4 is 40.7 Å². The first-order valence-electron chi connectivity index (χ1n) is 8.75. The van der Waals surface area contributed by atoms with Gasteiger partial charge in [0.05, 0.1) is 29.9 Å². The van der Waals surface area contributed by atoms with Crippen LogP contribution < -0.4 is 5.32 Å². The third-order valence-electron chi connectivity index (χ3n) is 5.98. The Bertz CT molecular complexity index is 842. The van der Waals surface area contributed by atoms with E-state index in [2.05, 4.69) is 48.4 Å². The number of quaternary nitrogens is 1. The van der Waals surface area contributed by atoms with Crippen molar-refractivity contribution in [3.8, 4) is 0 Å². The number of thiazole rings is 1. The lowest BCUT2D eigenvalue weighted by atomic mass is 9.72. The van der Waals surface area contributed by atoms with E-state index in [1.807, 2.05) is 0 Å². The summed E-state index contributed by atoms with van der Waals surface area (Å²) < 4.78 is 8.74. The number of benzene rings is 1. The number of nitrogens with one attached hydrogen (secondary N) is 1.